The Balaban J connectivity index is 2.32. The lowest BCUT2D eigenvalue weighted by Gasteiger charge is -2.26. The number of nitrogens with one attached hydrogen (secondary N) is 2. The minimum absolute atomic E-state index is 0.0211. The molecule has 1 aliphatic heterocycles. The number of carbonyl (C=O) groups excluding carboxylic acids is 1. The molecule has 1 atom stereocenters. The Morgan fingerprint density at radius 3 is 2.67 bits per heavy atom. The summed E-state index contributed by atoms with van der Waals surface area (Å²) in [6, 6.07) is -0.0528. The van der Waals surface area contributed by atoms with Gasteiger partial charge in [-0.3, -0.25) is 4.79 Å². The van der Waals surface area contributed by atoms with Gasteiger partial charge in [0.25, 0.3) is 0 Å². The first-order valence-corrected chi connectivity index (χ1v) is 5.85. The lowest BCUT2D eigenvalue weighted by molar-refractivity contribution is -0.124. The predicted octanol–water partition coefficient (Wildman–Crippen LogP) is 0.406. The standard InChI is InChI=1S/C11H22N2O2/c1-3-11(15,4-2)8-13-10(14)9-6-5-7-12-9/h9,12,15H,3-8H2,1-2H3,(H,13,14)/t9-/m1/s1. The van der Waals surface area contributed by atoms with E-state index in [9.17, 15) is 9.90 Å². The van der Waals surface area contributed by atoms with Gasteiger partial charge in [0.2, 0.25) is 5.91 Å². The van der Waals surface area contributed by atoms with Gasteiger partial charge >= 0.3 is 0 Å². The number of aliphatic hydroxyl groups is 1. The van der Waals surface area contributed by atoms with Crippen LogP contribution in [0.2, 0.25) is 0 Å². The average Bonchev–Trinajstić information content (AvgIpc) is 2.79. The topological polar surface area (TPSA) is 61.4 Å². The second-order valence-corrected chi connectivity index (χ2v) is 4.30. The van der Waals surface area contributed by atoms with Crippen LogP contribution < -0.4 is 10.6 Å². The zero-order chi connectivity index (χ0) is 11.3. The largest absolute Gasteiger partial charge is 0.388 e. The molecular formula is C11H22N2O2. The van der Waals surface area contributed by atoms with Crippen molar-refractivity contribution in [3.8, 4) is 0 Å². The Morgan fingerprint density at radius 1 is 1.53 bits per heavy atom. The molecular weight excluding hydrogens is 192 g/mol. The molecule has 1 aliphatic rings. The molecule has 15 heavy (non-hydrogen) atoms. The van der Waals surface area contributed by atoms with Gasteiger partial charge in [-0.2, -0.15) is 0 Å². The molecule has 0 saturated carbocycles. The van der Waals surface area contributed by atoms with Gasteiger partial charge in [0, 0.05) is 6.54 Å². The van der Waals surface area contributed by atoms with Crippen LogP contribution in [0.1, 0.15) is 39.5 Å². The van der Waals surface area contributed by atoms with Crippen molar-refractivity contribution in [3.05, 3.63) is 0 Å². The summed E-state index contributed by atoms with van der Waals surface area (Å²) >= 11 is 0. The number of carbonyl (C=O) groups is 1. The van der Waals surface area contributed by atoms with Crippen molar-refractivity contribution in [2.24, 2.45) is 0 Å². The Kier molecular flexibility index (Phi) is 4.54. The van der Waals surface area contributed by atoms with E-state index >= 15 is 0 Å². The van der Waals surface area contributed by atoms with Crippen molar-refractivity contribution in [1.82, 2.24) is 10.6 Å². The first kappa shape index (κ1) is 12.5. The molecule has 1 saturated heterocycles. The second-order valence-electron chi connectivity index (χ2n) is 4.30. The van der Waals surface area contributed by atoms with Crippen molar-refractivity contribution >= 4 is 5.91 Å². The molecule has 1 heterocycles. The fraction of sp³-hybridized carbons (Fsp3) is 0.909. The maximum atomic E-state index is 11.6. The Labute approximate surface area is 91.4 Å². The van der Waals surface area contributed by atoms with Crippen molar-refractivity contribution in [2.45, 2.75) is 51.2 Å². The summed E-state index contributed by atoms with van der Waals surface area (Å²) in [5.41, 5.74) is -0.742. The van der Waals surface area contributed by atoms with E-state index in [1.165, 1.54) is 0 Å². The maximum absolute atomic E-state index is 11.6. The first-order valence-electron chi connectivity index (χ1n) is 5.85. The van der Waals surface area contributed by atoms with Gasteiger partial charge in [-0.1, -0.05) is 13.8 Å². The van der Waals surface area contributed by atoms with E-state index in [0.29, 0.717) is 19.4 Å². The lowest BCUT2D eigenvalue weighted by Crippen LogP contribution is -2.47. The summed E-state index contributed by atoms with van der Waals surface area (Å²) in [4.78, 5) is 11.6. The Morgan fingerprint density at radius 2 is 2.20 bits per heavy atom. The minimum Gasteiger partial charge on any atom is -0.388 e. The normalized spacial score (nSPS) is 21.7. The van der Waals surface area contributed by atoms with Gasteiger partial charge in [0.1, 0.15) is 0 Å². The highest BCUT2D eigenvalue weighted by Crippen LogP contribution is 2.13. The van der Waals surface area contributed by atoms with Crippen LogP contribution in [0.15, 0.2) is 0 Å². The van der Waals surface area contributed by atoms with Gasteiger partial charge in [0.15, 0.2) is 0 Å². The molecule has 0 aromatic rings. The molecule has 4 nitrogen and oxygen atoms in total. The molecule has 4 heteroatoms. The highest BCUT2D eigenvalue weighted by atomic mass is 16.3. The molecule has 0 aromatic heterocycles. The van der Waals surface area contributed by atoms with E-state index in [1.54, 1.807) is 0 Å². The number of amides is 1. The van der Waals surface area contributed by atoms with Gasteiger partial charge in [0.05, 0.1) is 11.6 Å². The SMILES string of the molecule is CCC(O)(CC)CNC(=O)[C@H]1CCCN1. The number of hydrogen-bond donors (Lipinski definition) is 3. The molecule has 0 bridgehead atoms. The van der Waals surface area contributed by atoms with Crippen LogP contribution in [0.4, 0.5) is 0 Å². The molecule has 1 rings (SSSR count). The third-order valence-electron chi connectivity index (χ3n) is 3.28. The van der Waals surface area contributed by atoms with E-state index in [1.807, 2.05) is 13.8 Å². The summed E-state index contributed by atoms with van der Waals surface area (Å²) in [6.07, 6.45) is 3.30. The minimum atomic E-state index is -0.742. The van der Waals surface area contributed by atoms with Gasteiger partial charge < -0.3 is 15.7 Å². The third kappa shape index (κ3) is 3.47. The highest BCUT2D eigenvalue weighted by Gasteiger charge is 2.26. The molecule has 0 radical (unpaired) electrons. The van der Waals surface area contributed by atoms with E-state index in [2.05, 4.69) is 10.6 Å². The summed E-state index contributed by atoms with van der Waals surface area (Å²) in [5, 5.41) is 15.9. The molecule has 1 amide bonds. The van der Waals surface area contributed by atoms with Crippen LogP contribution in [0.5, 0.6) is 0 Å². The van der Waals surface area contributed by atoms with Crippen molar-refractivity contribution < 1.29 is 9.90 Å². The fourth-order valence-electron chi connectivity index (χ4n) is 1.78. The van der Waals surface area contributed by atoms with Gasteiger partial charge in [-0.05, 0) is 32.2 Å². The summed E-state index contributed by atoms with van der Waals surface area (Å²) in [6.45, 7) is 5.15. The van der Waals surface area contributed by atoms with Crippen molar-refractivity contribution in [1.29, 1.82) is 0 Å². The first-order chi connectivity index (χ1) is 7.11. The Bertz CT molecular complexity index is 209. The van der Waals surface area contributed by atoms with Crippen LogP contribution in [0.3, 0.4) is 0 Å². The van der Waals surface area contributed by atoms with Crippen LogP contribution >= 0.6 is 0 Å². The predicted molar refractivity (Wildman–Crippen MR) is 59.6 cm³/mol. The molecule has 0 aliphatic carbocycles. The van der Waals surface area contributed by atoms with Gasteiger partial charge in [-0.25, -0.2) is 0 Å². The Hall–Kier alpha value is -0.610. The smallest absolute Gasteiger partial charge is 0.237 e. The van der Waals surface area contributed by atoms with Gasteiger partial charge in [-0.15, -0.1) is 0 Å². The quantitative estimate of drug-likeness (QED) is 0.621. The molecule has 0 unspecified atom stereocenters. The molecule has 0 aromatic carbocycles. The summed E-state index contributed by atoms with van der Waals surface area (Å²) < 4.78 is 0. The van der Waals surface area contributed by atoms with Crippen LogP contribution in [-0.4, -0.2) is 35.7 Å². The monoisotopic (exact) mass is 214 g/mol. The maximum Gasteiger partial charge on any atom is 0.237 e. The molecule has 1 fully saturated rings. The zero-order valence-corrected chi connectivity index (χ0v) is 9.68. The van der Waals surface area contributed by atoms with Crippen LogP contribution in [0, 0.1) is 0 Å². The van der Waals surface area contributed by atoms with Crippen LogP contribution in [0.25, 0.3) is 0 Å². The molecule has 0 spiro atoms. The zero-order valence-electron chi connectivity index (χ0n) is 9.68. The second kappa shape index (κ2) is 5.47. The number of hydrogen-bond acceptors (Lipinski definition) is 3. The van der Waals surface area contributed by atoms with E-state index in [0.717, 1.165) is 19.4 Å². The van der Waals surface area contributed by atoms with Crippen LogP contribution in [-0.2, 0) is 4.79 Å². The highest BCUT2D eigenvalue weighted by molar-refractivity contribution is 5.82. The molecule has 3 N–H and O–H groups in total. The fourth-order valence-corrected chi connectivity index (χ4v) is 1.78. The van der Waals surface area contributed by atoms with E-state index < -0.39 is 5.60 Å². The van der Waals surface area contributed by atoms with E-state index in [4.69, 9.17) is 0 Å². The summed E-state index contributed by atoms with van der Waals surface area (Å²) in [7, 11) is 0. The van der Waals surface area contributed by atoms with Crippen molar-refractivity contribution in [3.63, 3.8) is 0 Å². The van der Waals surface area contributed by atoms with E-state index in [-0.39, 0.29) is 11.9 Å². The number of rotatable bonds is 5. The lowest BCUT2D eigenvalue weighted by atomic mass is 9.97. The average molecular weight is 214 g/mol. The third-order valence-corrected chi connectivity index (χ3v) is 3.28. The molecule has 88 valence electrons. The van der Waals surface area contributed by atoms with Crippen molar-refractivity contribution in [2.75, 3.05) is 13.1 Å². The summed E-state index contributed by atoms with van der Waals surface area (Å²) in [5.74, 6) is 0.0211.